The van der Waals surface area contributed by atoms with Crippen molar-refractivity contribution in [2.75, 3.05) is 18.0 Å². The summed E-state index contributed by atoms with van der Waals surface area (Å²) in [5.74, 6) is -0.102. The molecule has 0 aromatic heterocycles. The first-order chi connectivity index (χ1) is 6.69. The van der Waals surface area contributed by atoms with Gasteiger partial charge in [-0.1, -0.05) is 17.7 Å². The highest BCUT2D eigenvalue weighted by Gasteiger charge is 2.11. The first-order valence-electron chi connectivity index (χ1n) is 4.45. The van der Waals surface area contributed by atoms with Crippen LogP contribution in [0.25, 0.3) is 0 Å². The molecule has 1 aromatic rings. The average molecular weight is 213 g/mol. The lowest BCUT2D eigenvalue weighted by Crippen LogP contribution is -2.35. The molecule has 0 aliphatic carbocycles. The SMILES string of the molecule is CCN(C(=O)CN)c1cccc(Cl)c1. The maximum atomic E-state index is 11.4. The second-order valence-corrected chi connectivity index (χ2v) is 3.26. The number of amides is 1. The molecule has 14 heavy (non-hydrogen) atoms. The first-order valence-corrected chi connectivity index (χ1v) is 4.82. The lowest BCUT2D eigenvalue weighted by Gasteiger charge is -2.20. The largest absolute Gasteiger partial charge is 0.322 e. The van der Waals surface area contributed by atoms with Crippen molar-refractivity contribution in [1.29, 1.82) is 0 Å². The summed E-state index contributed by atoms with van der Waals surface area (Å²) in [4.78, 5) is 13.0. The van der Waals surface area contributed by atoms with E-state index in [9.17, 15) is 4.79 Å². The zero-order valence-corrected chi connectivity index (χ0v) is 8.79. The van der Waals surface area contributed by atoms with Crippen molar-refractivity contribution in [3.05, 3.63) is 29.3 Å². The Kier molecular flexibility index (Phi) is 3.92. The molecule has 0 saturated carbocycles. The fourth-order valence-corrected chi connectivity index (χ4v) is 1.44. The fourth-order valence-electron chi connectivity index (χ4n) is 1.26. The molecule has 0 bridgehead atoms. The van der Waals surface area contributed by atoms with Gasteiger partial charge >= 0.3 is 0 Å². The smallest absolute Gasteiger partial charge is 0.240 e. The van der Waals surface area contributed by atoms with E-state index < -0.39 is 0 Å². The molecule has 0 heterocycles. The summed E-state index contributed by atoms with van der Waals surface area (Å²) in [6.45, 7) is 2.51. The Labute approximate surface area is 88.5 Å². The summed E-state index contributed by atoms with van der Waals surface area (Å²) < 4.78 is 0. The molecule has 0 saturated heterocycles. The standard InChI is InChI=1S/C10H13ClN2O/c1-2-13(10(14)7-12)9-5-3-4-8(11)6-9/h3-6H,2,7,12H2,1H3. The lowest BCUT2D eigenvalue weighted by molar-refractivity contribution is -0.117. The van der Waals surface area contributed by atoms with Gasteiger partial charge in [0.15, 0.2) is 0 Å². The topological polar surface area (TPSA) is 46.3 Å². The minimum Gasteiger partial charge on any atom is -0.322 e. The van der Waals surface area contributed by atoms with Crippen molar-refractivity contribution in [3.8, 4) is 0 Å². The van der Waals surface area contributed by atoms with Crippen LogP contribution >= 0.6 is 11.6 Å². The molecule has 0 atom stereocenters. The molecular formula is C10H13ClN2O. The van der Waals surface area contributed by atoms with Crippen LogP contribution in [0.3, 0.4) is 0 Å². The van der Waals surface area contributed by atoms with E-state index >= 15 is 0 Å². The van der Waals surface area contributed by atoms with E-state index in [1.165, 1.54) is 0 Å². The first kappa shape index (κ1) is 11.0. The Morgan fingerprint density at radius 2 is 2.29 bits per heavy atom. The number of hydrogen-bond donors (Lipinski definition) is 1. The van der Waals surface area contributed by atoms with Crippen molar-refractivity contribution >= 4 is 23.2 Å². The normalized spacial score (nSPS) is 9.93. The molecule has 0 spiro atoms. The Balaban J connectivity index is 2.94. The maximum absolute atomic E-state index is 11.4. The fraction of sp³-hybridized carbons (Fsp3) is 0.300. The van der Waals surface area contributed by atoms with E-state index in [2.05, 4.69) is 0 Å². The second kappa shape index (κ2) is 4.98. The zero-order valence-electron chi connectivity index (χ0n) is 8.03. The number of anilines is 1. The summed E-state index contributed by atoms with van der Waals surface area (Å²) in [5, 5.41) is 0.616. The highest BCUT2D eigenvalue weighted by molar-refractivity contribution is 6.30. The number of hydrogen-bond acceptors (Lipinski definition) is 2. The van der Waals surface area contributed by atoms with Crippen LogP contribution in [0.5, 0.6) is 0 Å². The van der Waals surface area contributed by atoms with Gasteiger partial charge in [0, 0.05) is 17.3 Å². The Bertz CT molecular complexity index is 328. The van der Waals surface area contributed by atoms with Gasteiger partial charge in [-0.15, -0.1) is 0 Å². The van der Waals surface area contributed by atoms with Crippen LogP contribution < -0.4 is 10.6 Å². The van der Waals surface area contributed by atoms with Crippen LogP contribution in [0.4, 0.5) is 5.69 Å². The maximum Gasteiger partial charge on any atom is 0.240 e. The molecule has 76 valence electrons. The number of likely N-dealkylation sites (N-methyl/N-ethyl adjacent to an activating group) is 1. The van der Waals surface area contributed by atoms with Crippen molar-refractivity contribution in [2.24, 2.45) is 5.73 Å². The van der Waals surface area contributed by atoms with Crippen LogP contribution in [0.15, 0.2) is 24.3 Å². The van der Waals surface area contributed by atoms with Gasteiger partial charge in [-0.2, -0.15) is 0 Å². The third-order valence-electron chi connectivity index (χ3n) is 1.91. The third-order valence-corrected chi connectivity index (χ3v) is 2.15. The summed E-state index contributed by atoms with van der Waals surface area (Å²) in [6.07, 6.45) is 0. The number of nitrogens with two attached hydrogens (primary N) is 1. The summed E-state index contributed by atoms with van der Waals surface area (Å²) in [5.41, 5.74) is 6.09. The van der Waals surface area contributed by atoms with E-state index in [0.717, 1.165) is 5.69 Å². The molecule has 2 N–H and O–H groups in total. The van der Waals surface area contributed by atoms with Crippen molar-refractivity contribution < 1.29 is 4.79 Å². The van der Waals surface area contributed by atoms with E-state index in [1.54, 1.807) is 17.0 Å². The van der Waals surface area contributed by atoms with Gasteiger partial charge in [-0.05, 0) is 25.1 Å². The molecule has 0 aliphatic rings. The minimum atomic E-state index is -0.102. The summed E-state index contributed by atoms with van der Waals surface area (Å²) in [7, 11) is 0. The zero-order chi connectivity index (χ0) is 10.6. The summed E-state index contributed by atoms with van der Waals surface area (Å²) in [6, 6.07) is 7.16. The number of carbonyl (C=O) groups excluding carboxylic acids is 1. The molecule has 1 rings (SSSR count). The third kappa shape index (κ3) is 2.47. The van der Waals surface area contributed by atoms with Gasteiger partial charge in [0.2, 0.25) is 5.91 Å². The molecule has 0 aliphatic heterocycles. The molecule has 1 aromatic carbocycles. The lowest BCUT2D eigenvalue weighted by atomic mass is 10.3. The highest BCUT2D eigenvalue weighted by atomic mass is 35.5. The van der Waals surface area contributed by atoms with Crippen LogP contribution in [-0.2, 0) is 4.79 Å². The van der Waals surface area contributed by atoms with Gasteiger partial charge in [0.05, 0.1) is 6.54 Å². The van der Waals surface area contributed by atoms with E-state index in [-0.39, 0.29) is 12.5 Å². The van der Waals surface area contributed by atoms with E-state index in [1.807, 2.05) is 19.1 Å². The van der Waals surface area contributed by atoms with Crippen LogP contribution in [0.1, 0.15) is 6.92 Å². The monoisotopic (exact) mass is 212 g/mol. The Morgan fingerprint density at radius 1 is 1.57 bits per heavy atom. The average Bonchev–Trinajstić information content (AvgIpc) is 2.19. The number of halogens is 1. The molecule has 3 nitrogen and oxygen atoms in total. The molecule has 4 heteroatoms. The Hall–Kier alpha value is -1.06. The van der Waals surface area contributed by atoms with Crippen molar-refractivity contribution in [1.82, 2.24) is 0 Å². The number of benzene rings is 1. The van der Waals surface area contributed by atoms with Crippen LogP contribution in [-0.4, -0.2) is 19.0 Å². The second-order valence-electron chi connectivity index (χ2n) is 2.82. The predicted octanol–water partition coefficient (Wildman–Crippen LogP) is 1.65. The predicted molar refractivity (Wildman–Crippen MR) is 58.5 cm³/mol. The number of carbonyl (C=O) groups is 1. The van der Waals surface area contributed by atoms with Gasteiger partial charge in [-0.3, -0.25) is 4.79 Å². The van der Waals surface area contributed by atoms with Gasteiger partial charge in [0.1, 0.15) is 0 Å². The molecule has 0 unspecified atom stereocenters. The quantitative estimate of drug-likeness (QED) is 0.828. The van der Waals surface area contributed by atoms with E-state index in [4.69, 9.17) is 17.3 Å². The number of rotatable bonds is 3. The van der Waals surface area contributed by atoms with Gasteiger partial charge < -0.3 is 10.6 Å². The van der Waals surface area contributed by atoms with Gasteiger partial charge in [-0.25, -0.2) is 0 Å². The molecule has 1 amide bonds. The van der Waals surface area contributed by atoms with Crippen molar-refractivity contribution in [2.45, 2.75) is 6.92 Å². The highest BCUT2D eigenvalue weighted by Crippen LogP contribution is 2.19. The number of nitrogens with zero attached hydrogens (tertiary/aromatic N) is 1. The van der Waals surface area contributed by atoms with E-state index in [0.29, 0.717) is 11.6 Å². The molecular weight excluding hydrogens is 200 g/mol. The minimum absolute atomic E-state index is 0.0142. The van der Waals surface area contributed by atoms with Crippen LogP contribution in [0.2, 0.25) is 5.02 Å². The van der Waals surface area contributed by atoms with Gasteiger partial charge in [0.25, 0.3) is 0 Å². The van der Waals surface area contributed by atoms with Crippen molar-refractivity contribution in [3.63, 3.8) is 0 Å². The Morgan fingerprint density at radius 3 is 2.79 bits per heavy atom. The van der Waals surface area contributed by atoms with Crippen LogP contribution in [0, 0.1) is 0 Å². The summed E-state index contributed by atoms with van der Waals surface area (Å²) >= 11 is 5.82. The molecule has 0 radical (unpaired) electrons. The molecule has 0 fully saturated rings.